The smallest absolute Gasteiger partial charge is 0.223 e. The number of hydrogen-bond acceptors (Lipinski definition) is 3. The number of hydrogen-bond donors (Lipinski definition) is 0. The Morgan fingerprint density at radius 2 is 1.80 bits per heavy atom. The quantitative estimate of drug-likeness (QED) is 0.769. The maximum absolute atomic E-state index is 12.2. The molecule has 4 nitrogen and oxygen atoms in total. The molecule has 0 bridgehead atoms. The number of rotatable bonds is 2. The van der Waals surface area contributed by atoms with Gasteiger partial charge in [0.05, 0.1) is 12.5 Å². The van der Waals surface area contributed by atoms with Crippen LogP contribution < -0.4 is 0 Å². The molecule has 0 N–H and O–H groups in total. The highest BCUT2D eigenvalue weighted by Gasteiger charge is 2.40. The third-order valence-corrected chi connectivity index (χ3v) is 4.25. The van der Waals surface area contributed by atoms with Crippen LogP contribution in [0.4, 0.5) is 0 Å². The lowest BCUT2D eigenvalue weighted by molar-refractivity contribution is -0.141. The fraction of sp³-hybridized carbons (Fsp3) is 0.438. The summed E-state index contributed by atoms with van der Waals surface area (Å²) in [5.74, 6) is 0.0986. The van der Waals surface area contributed by atoms with E-state index in [4.69, 9.17) is 0 Å². The zero-order valence-corrected chi connectivity index (χ0v) is 11.2. The van der Waals surface area contributed by atoms with Gasteiger partial charge in [0.2, 0.25) is 5.91 Å². The van der Waals surface area contributed by atoms with Gasteiger partial charge in [0.15, 0.2) is 5.78 Å². The number of ketones is 2. The van der Waals surface area contributed by atoms with Gasteiger partial charge < -0.3 is 4.90 Å². The van der Waals surface area contributed by atoms with E-state index in [9.17, 15) is 14.4 Å². The Bertz CT molecular complexity index is 552. The van der Waals surface area contributed by atoms with Crippen LogP contribution in [0.5, 0.6) is 0 Å². The molecular formula is C16H17NO3. The molecule has 1 amide bonds. The van der Waals surface area contributed by atoms with Crippen LogP contribution >= 0.6 is 0 Å². The Kier molecular flexibility index (Phi) is 3.38. The van der Waals surface area contributed by atoms with Crippen molar-refractivity contribution < 1.29 is 14.4 Å². The van der Waals surface area contributed by atoms with Gasteiger partial charge in [-0.3, -0.25) is 14.4 Å². The van der Waals surface area contributed by atoms with E-state index in [1.165, 1.54) is 0 Å². The lowest BCUT2D eigenvalue weighted by Gasteiger charge is -2.29. The lowest BCUT2D eigenvalue weighted by atomic mass is 9.92. The fourth-order valence-corrected chi connectivity index (χ4v) is 3.17. The zero-order chi connectivity index (χ0) is 14.1. The average molecular weight is 271 g/mol. The van der Waals surface area contributed by atoms with Crippen molar-refractivity contribution in [2.24, 2.45) is 0 Å². The number of carbonyl (C=O) groups excluding carboxylic acids is 3. The summed E-state index contributed by atoms with van der Waals surface area (Å²) in [6.07, 6.45) is 1.35. The highest BCUT2D eigenvalue weighted by molar-refractivity contribution is 6.05. The second kappa shape index (κ2) is 5.19. The minimum Gasteiger partial charge on any atom is -0.332 e. The molecule has 1 aromatic carbocycles. The second-order valence-corrected chi connectivity index (χ2v) is 5.59. The largest absolute Gasteiger partial charge is 0.332 e. The Morgan fingerprint density at radius 3 is 2.50 bits per heavy atom. The number of amides is 1. The van der Waals surface area contributed by atoms with Crippen LogP contribution in [-0.4, -0.2) is 35.0 Å². The second-order valence-electron chi connectivity index (χ2n) is 5.59. The van der Waals surface area contributed by atoms with Crippen molar-refractivity contribution in [1.29, 1.82) is 0 Å². The van der Waals surface area contributed by atoms with E-state index in [1.54, 1.807) is 4.90 Å². The minimum atomic E-state index is -0.381. The number of likely N-dealkylation sites (tertiary alicyclic amines) is 1. The maximum Gasteiger partial charge on any atom is 0.223 e. The van der Waals surface area contributed by atoms with Crippen molar-refractivity contribution in [2.75, 3.05) is 6.54 Å². The molecule has 2 fully saturated rings. The molecule has 3 rings (SSSR count). The molecule has 0 spiro atoms. The first kappa shape index (κ1) is 13.0. The van der Waals surface area contributed by atoms with Gasteiger partial charge in [-0.2, -0.15) is 0 Å². The van der Waals surface area contributed by atoms with Gasteiger partial charge in [-0.1, -0.05) is 30.3 Å². The van der Waals surface area contributed by atoms with E-state index in [1.807, 2.05) is 30.3 Å². The summed E-state index contributed by atoms with van der Waals surface area (Å²) < 4.78 is 0. The van der Waals surface area contributed by atoms with Crippen molar-refractivity contribution in [3.05, 3.63) is 35.9 Å². The van der Waals surface area contributed by atoms with Crippen molar-refractivity contribution in [3.8, 4) is 0 Å². The third kappa shape index (κ3) is 2.38. The normalized spacial score (nSPS) is 27.2. The van der Waals surface area contributed by atoms with Crippen LogP contribution in [-0.2, 0) is 14.4 Å². The summed E-state index contributed by atoms with van der Waals surface area (Å²) in [6, 6.07) is 9.55. The summed E-state index contributed by atoms with van der Waals surface area (Å²) in [4.78, 5) is 37.1. The molecule has 4 heteroatoms. The minimum absolute atomic E-state index is 0.00231. The summed E-state index contributed by atoms with van der Waals surface area (Å²) in [6.45, 7) is 0.591. The highest BCUT2D eigenvalue weighted by Crippen LogP contribution is 2.31. The Labute approximate surface area is 117 Å². The average Bonchev–Trinajstić information content (AvgIpc) is 2.82. The predicted molar refractivity (Wildman–Crippen MR) is 73.2 cm³/mol. The molecule has 20 heavy (non-hydrogen) atoms. The number of benzene rings is 1. The van der Waals surface area contributed by atoms with Crippen molar-refractivity contribution in [2.45, 2.75) is 37.6 Å². The van der Waals surface area contributed by atoms with Gasteiger partial charge in [0, 0.05) is 25.3 Å². The van der Waals surface area contributed by atoms with Crippen LogP contribution in [0.1, 0.15) is 37.2 Å². The first-order valence-corrected chi connectivity index (χ1v) is 7.04. The molecule has 1 aliphatic carbocycles. The van der Waals surface area contributed by atoms with Crippen LogP contribution in [0, 0.1) is 0 Å². The number of nitrogens with zero attached hydrogens (tertiary/aromatic N) is 1. The summed E-state index contributed by atoms with van der Waals surface area (Å²) in [5.41, 5.74) is 1.14. The molecule has 0 aromatic heterocycles. The van der Waals surface area contributed by atoms with Gasteiger partial charge >= 0.3 is 0 Å². The van der Waals surface area contributed by atoms with Gasteiger partial charge in [0.1, 0.15) is 5.78 Å². The summed E-state index contributed by atoms with van der Waals surface area (Å²) in [5, 5.41) is 0. The van der Waals surface area contributed by atoms with Crippen LogP contribution in [0.15, 0.2) is 30.3 Å². The van der Waals surface area contributed by atoms with Gasteiger partial charge in [0.25, 0.3) is 0 Å². The van der Waals surface area contributed by atoms with E-state index >= 15 is 0 Å². The molecular weight excluding hydrogens is 254 g/mol. The lowest BCUT2D eigenvalue weighted by Crippen LogP contribution is -2.45. The summed E-state index contributed by atoms with van der Waals surface area (Å²) >= 11 is 0. The third-order valence-electron chi connectivity index (χ3n) is 4.25. The van der Waals surface area contributed by atoms with Crippen molar-refractivity contribution in [1.82, 2.24) is 4.90 Å². The van der Waals surface area contributed by atoms with Crippen LogP contribution in [0.2, 0.25) is 0 Å². The fourth-order valence-electron chi connectivity index (χ4n) is 3.17. The molecule has 1 aliphatic heterocycles. The number of carbonyl (C=O) groups is 3. The van der Waals surface area contributed by atoms with E-state index in [0.717, 1.165) is 5.56 Å². The highest BCUT2D eigenvalue weighted by atomic mass is 16.2. The molecule has 2 unspecified atom stereocenters. The van der Waals surface area contributed by atoms with E-state index in [-0.39, 0.29) is 35.9 Å². The molecule has 1 saturated carbocycles. The molecule has 1 saturated heterocycles. The van der Waals surface area contributed by atoms with Crippen molar-refractivity contribution in [3.63, 3.8) is 0 Å². The molecule has 1 aromatic rings. The SMILES string of the molecule is O=C1CCC(N2CC(c3ccccc3)CC2=O)C(=O)C1. The predicted octanol–water partition coefficient (Wildman–Crippen LogP) is 1.69. The zero-order valence-electron chi connectivity index (χ0n) is 11.2. The van der Waals surface area contributed by atoms with Gasteiger partial charge in [-0.25, -0.2) is 0 Å². The van der Waals surface area contributed by atoms with E-state index in [0.29, 0.717) is 25.8 Å². The van der Waals surface area contributed by atoms with E-state index in [2.05, 4.69) is 0 Å². The molecule has 2 atom stereocenters. The monoisotopic (exact) mass is 271 g/mol. The molecule has 2 aliphatic rings. The molecule has 104 valence electrons. The topological polar surface area (TPSA) is 54.5 Å². The first-order valence-electron chi connectivity index (χ1n) is 7.04. The summed E-state index contributed by atoms with van der Waals surface area (Å²) in [7, 11) is 0. The molecule has 1 heterocycles. The Morgan fingerprint density at radius 1 is 1.05 bits per heavy atom. The first-order chi connectivity index (χ1) is 9.65. The van der Waals surface area contributed by atoms with E-state index < -0.39 is 0 Å². The van der Waals surface area contributed by atoms with Crippen molar-refractivity contribution >= 4 is 17.5 Å². The van der Waals surface area contributed by atoms with Crippen LogP contribution in [0.3, 0.4) is 0 Å². The van der Waals surface area contributed by atoms with Crippen LogP contribution in [0.25, 0.3) is 0 Å². The Hall–Kier alpha value is -1.97. The Balaban J connectivity index is 1.74. The standard InChI is InChI=1S/C16H17NO3/c18-13-6-7-14(15(19)9-13)17-10-12(8-16(17)20)11-4-2-1-3-5-11/h1-5,12,14H,6-10H2. The number of Topliss-reactive ketones (excluding diaryl/α,β-unsaturated/α-hetero) is 2. The maximum atomic E-state index is 12.2. The molecule has 0 radical (unpaired) electrons. The van der Waals surface area contributed by atoms with Gasteiger partial charge in [-0.15, -0.1) is 0 Å². The van der Waals surface area contributed by atoms with Gasteiger partial charge in [-0.05, 0) is 12.0 Å².